The van der Waals surface area contributed by atoms with Gasteiger partial charge in [0.15, 0.2) is 0 Å². The van der Waals surface area contributed by atoms with Crippen LogP contribution in [0.25, 0.3) is 0 Å². The van der Waals surface area contributed by atoms with Gasteiger partial charge in [0.2, 0.25) is 0 Å². The summed E-state index contributed by atoms with van der Waals surface area (Å²) < 4.78 is 27.1. The molecule has 2 rings (SSSR count). The van der Waals surface area contributed by atoms with Crippen LogP contribution in [0.2, 0.25) is 5.02 Å². The minimum Gasteiger partial charge on any atom is -0.306 e. The topological polar surface area (TPSA) is 12.0 Å². The van der Waals surface area contributed by atoms with Gasteiger partial charge in [0.05, 0.1) is 11.1 Å². The summed E-state index contributed by atoms with van der Waals surface area (Å²) in [6.45, 7) is 2.54. The summed E-state index contributed by atoms with van der Waals surface area (Å²) in [5.41, 5.74) is 0.279. The molecule has 1 heterocycles. The lowest BCUT2D eigenvalue weighted by Crippen LogP contribution is -2.22. The molecular formula is C13H12ClF2NS. The number of hydrogen-bond donors (Lipinski definition) is 1. The smallest absolute Gasteiger partial charge is 0.128 e. The minimum atomic E-state index is -0.456. The molecular weight excluding hydrogens is 276 g/mol. The van der Waals surface area contributed by atoms with E-state index >= 15 is 0 Å². The van der Waals surface area contributed by atoms with E-state index in [1.54, 1.807) is 6.07 Å². The molecule has 1 unspecified atom stereocenters. The van der Waals surface area contributed by atoms with Gasteiger partial charge in [-0.3, -0.25) is 0 Å². The van der Waals surface area contributed by atoms with Crippen molar-refractivity contribution in [2.45, 2.75) is 13.0 Å². The Labute approximate surface area is 113 Å². The summed E-state index contributed by atoms with van der Waals surface area (Å²) in [5, 5.41) is 5.53. The largest absolute Gasteiger partial charge is 0.306 e. The fraction of sp³-hybridized carbons (Fsp3) is 0.231. The molecule has 0 amide bonds. The number of thiophene rings is 1. The number of nitrogens with one attached hydrogen (secondary N) is 1. The second-order valence-corrected chi connectivity index (χ2v) is 5.14. The maximum absolute atomic E-state index is 13.8. The van der Waals surface area contributed by atoms with Crippen LogP contribution in [0.15, 0.2) is 29.6 Å². The second-order valence-electron chi connectivity index (χ2n) is 3.79. The van der Waals surface area contributed by atoms with Crippen LogP contribution in [0, 0.1) is 11.6 Å². The summed E-state index contributed by atoms with van der Waals surface area (Å²) >= 11 is 7.49. The molecule has 0 aliphatic carbocycles. The van der Waals surface area contributed by atoms with Crippen molar-refractivity contribution in [1.29, 1.82) is 0 Å². The van der Waals surface area contributed by atoms with E-state index in [9.17, 15) is 8.78 Å². The Kier molecular flexibility index (Phi) is 4.32. The van der Waals surface area contributed by atoms with Crippen LogP contribution in [0.1, 0.15) is 23.4 Å². The van der Waals surface area contributed by atoms with Crippen molar-refractivity contribution in [2.75, 3.05) is 6.54 Å². The molecule has 0 aliphatic rings. The third-order valence-electron chi connectivity index (χ3n) is 2.58. The van der Waals surface area contributed by atoms with Gasteiger partial charge in [-0.15, -0.1) is 11.3 Å². The van der Waals surface area contributed by atoms with E-state index in [1.165, 1.54) is 17.4 Å². The van der Waals surface area contributed by atoms with Crippen LogP contribution in [-0.2, 0) is 0 Å². The summed E-state index contributed by atoms with van der Waals surface area (Å²) in [4.78, 5) is 0.794. The molecule has 0 fully saturated rings. The Morgan fingerprint density at radius 2 is 2.11 bits per heavy atom. The molecule has 0 radical (unpaired) electrons. The third-order valence-corrected chi connectivity index (χ3v) is 4.01. The Morgan fingerprint density at radius 1 is 1.33 bits per heavy atom. The first-order valence-electron chi connectivity index (χ1n) is 5.54. The van der Waals surface area contributed by atoms with Gasteiger partial charge in [-0.1, -0.05) is 18.5 Å². The van der Waals surface area contributed by atoms with Gasteiger partial charge in [-0.2, -0.15) is 0 Å². The maximum atomic E-state index is 13.8. The van der Waals surface area contributed by atoms with Gasteiger partial charge < -0.3 is 5.32 Å². The molecule has 0 spiro atoms. The van der Waals surface area contributed by atoms with E-state index in [0.29, 0.717) is 11.6 Å². The molecule has 1 N–H and O–H groups in total. The fourth-order valence-electron chi connectivity index (χ4n) is 1.80. The van der Waals surface area contributed by atoms with Crippen LogP contribution in [0.5, 0.6) is 0 Å². The summed E-state index contributed by atoms with van der Waals surface area (Å²) in [5.74, 6) is -0.895. The first kappa shape index (κ1) is 13.5. The highest BCUT2D eigenvalue weighted by Gasteiger charge is 2.21. The molecule has 18 heavy (non-hydrogen) atoms. The SMILES string of the molecule is CCNC(c1cc(F)ccc1F)c1sccc1Cl. The molecule has 96 valence electrons. The zero-order chi connectivity index (χ0) is 13.1. The van der Waals surface area contributed by atoms with Crippen molar-refractivity contribution in [3.05, 3.63) is 56.7 Å². The Morgan fingerprint density at radius 3 is 2.72 bits per heavy atom. The second kappa shape index (κ2) is 5.78. The molecule has 1 nitrogen and oxygen atoms in total. The van der Waals surface area contributed by atoms with Crippen molar-refractivity contribution in [2.24, 2.45) is 0 Å². The summed E-state index contributed by atoms with van der Waals surface area (Å²) in [6, 6.07) is 4.79. The molecule has 5 heteroatoms. The highest BCUT2D eigenvalue weighted by Crippen LogP contribution is 2.34. The third kappa shape index (κ3) is 2.71. The maximum Gasteiger partial charge on any atom is 0.128 e. The first-order chi connectivity index (χ1) is 8.63. The summed E-state index contributed by atoms with van der Waals surface area (Å²) in [6.07, 6.45) is 0. The highest BCUT2D eigenvalue weighted by molar-refractivity contribution is 7.10. The van der Waals surface area contributed by atoms with Crippen LogP contribution >= 0.6 is 22.9 Å². The predicted molar refractivity (Wildman–Crippen MR) is 71.2 cm³/mol. The number of benzene rings is 1. The van der Waals surface area contributed by atoms with Gasteiger partial charge in [-0.25, -0.2) is 8.78 Å². The van der Waals surface area contributed by atoms with Crippen molar-refractivity contribution in [3.63, 3.8) is 0 Å². The molecule has 1 atom stereocenters. The Hall–Kier alpha value is -0.970. The molecule has 0 aliphatic heterocycles. The van der Waals surface area contributed by atoms with E-state index in [1.807, 2.05) is 12.3 Å². The monoisotopic (exact) mass is 287 g/mol. The summed E-state index contributed by atoms with van der Waals surface area (Å²) in [7, 11) is 0. The van der Waals surface area contributed by atoms with Crippen molar-refractivity contribution < 1.29 is 8.78 Å². The van der Waals surface area contributed by atoms with E-state index < -0.39 is 17.7 Å². The van der Waals surface area contributed by atoms with Gasteiger partial charge in [0.1, 0.15) is 11.6 Å². The van der Waals surface area contributed by atoms with Crippen LogP contribution in [0.4, 0.5) is 8.78 Å². The normalized spacial score (nSPS) is 12.7. The average molecular weight is 288 g/mol. The van der Waals surface area contributed by atoms with E-state index in [0.717, 1.165) is 17.0 Å². The van der Waals surface area contributed by atoms with Gasteiger partial charge >= 0.3 is 0 Å². The van der Waals surface area contributed by atoms with Gasteiger partial charge in [0, 0.05) is 10.4 Å². The highest BCUT2D eigenvalue weighted by atomic mass is 35.5. The lowest BCUT2D eigenvalue weighted by atomic mass is 10.0. The average Bonchev–Trinajstić information content (AvgIpc) is 2.76. The molecule has 0 bridgehead atoms. The molecule has 0 saturated heterocycles. The molecule has 1 aromatic carbocycles. The Bertz CT molecular complexity index is 542. The van der Waals surface area contributed by atoms with Crippen LogP contribution < -0.4 is 5.32 Å². The van der Waals surface area contributed by atoms with Crippen molar-refractivity contribution >= 4 is 22.9 Å². The van der Waals surface area contributed by atoms with Crippen LogP contribution in [-0.4, -0.2) is 6.54 Å². The van der Waals surface area contributed by atoms with Crippen molar-refractivity contribution in [3.8, 4) is 0 Å². The van der Waals surface area contributed by atoms with E-state index in [-0.39, 0.29) is 5.56 Å². The number of halogens is 3. The lowest BCUT2D eigenvalue weighted by molar-refractivity contribution is 0.548. The van der Waals surface area contributed by atoms with Crippen molar-refractivity contribution in [1.82, 2.24) is 5.32 Å². The van der Waals surface area contributed by atoms with E-state index in [4.69, 9.17) is 11.6 Å². The minimum absolute atomic E-state index is 0.279. The van der Waals surface area contributed by atoms with Gasteiger partial charge in [-0.05, 0) is 36.2 Å². The first-order valence-corrected chi connectivity index (χ1v) is 6.80. The lowest BCUT2D eigenvalue weighted by Gasteiger charge is -2.18. The Balaban J connectivity index is 2.48. The number of hydrogen-bond acceptors (Lipinski definition) is 2. The predicted octanol–water partition coefficient (Wildman–Crippen LogP) is 4.38. The molecule has 1 aromatic heterocycles. The standard InChI is InChI=1S/C13H12ClF2NS/c1-2-17-12(13-10(14)5-6-18-13)9-7-8(15)3-4-11(9)16/h3-7,12,17H,2H2,1H3. The van der Waals surface area contributed by atoms with E-state index in [2.05, 4.69) is 5.32 Å². The zero-order valence-electron chi connectivity index (χ0n) is 9.71. The quantitative estimate of drug-likeness (QED) is 0.880. The molecule has 0 saturated carbocycles. The van der Waals surface area contributed by atoms with Gasteiger partial charge in [0.25, 0.3) is 0 Å². The fourth-order valence-corrected chi connectivity index (χ4v) is 3.05. The molecule has 2 aromatic rings. The zero-order valence-corrected chi connectivity index (χ0v) is 11.3. The van der Waals surface area contributed by atoms with Crippen LogP contribution in [0.3, 0.4) is 0 Å². The number of rotatable bonds is 4.